The highest BCUT2D eigenvalue weighted by Gasteiger charge is 2.12. The molecule has 0 bridgehead atoms. The van der Waals surface area contributed by atoms with Gasteiger partial charge in [0, 0.05) is 31.9 Å². The number of nitrogens with one attached hydrogen (secondary N) is 1. The van der Waals surface area contributed by atoms with Crippen molar-refractivity contribution < 1.29 is 0 Å². The smallest absolute Gasteiger partial charge is 0.0412 e. The van der Waals surface area contributed by atoms with Crippen LogP contribution in [0.25, 0.3) is 0 Å². The lowest BCUT2D eigenvalue weighted by molar-refractivity contribution is 0.416. The van der Waals surface area contributed by atoms with Crippen LogP contribution in [0.5, 0.6) is 0 Å². The second kappa shape index (κ2) is 8.18. The Morgan fingerprint density at radius 2 is 1.79 bits per heavy atom. The fourth-order valence-corrected chi connectivity index (χ4v) is 2.14. The van der Waals surface area contributed by atoms with Crippen molar-refractivity contribution in [2.75, 3.05) is 45.7 Å². The first-order chi connectivity index (χ1) is 9.06. The maximum atomic E-state index is 3.57. The third kappa shape index (κ3) is 5.21. The summed E-state index contributed by atoms with van der Waals surface area (Å²) in [7, 11) is 6.41. The fraction of sp³-hybridized carbons (Fsp3) is 0.625. The number of benzene rings is 1. The molecule has 1 rings (SSSR count). The summed E-state index contributed by atoms with van der Waals surface area (Å²) < 4.78 is 0. The first-order valence-electron chi connectivity index (χ1n) is 7.24. The molecule has 0 aliphatic rings. The van der Waals surface area contributed by atoms with Crippen molar-refractivity contribution >= 4 is 5.69 Å². The number of anilines is 1. The van der Waals surface area contributed by atoms with Crippen LogP contribution in [0.2, 0.25) is 0 Å². The molecule has 0 fully saturated rings. The molecule has 3 nitrogen and oxygen atoms in total. The predicted molar refractivity (Wildman–Crippen MR) is 85.0 cm³/mol. The van der Waals surface area contributed by atoms with E-state index < -0.39 is 0 Å². The lowest BCUT2D eigenvalue weighted by Crippen LogP contribution is -2.30. The third-order valence-corrected chi connectivity index (χ3v) is 3.40. The van der Waals surface area contributed by atoms with Crippen molar-refractivity contribution in [1.29, 1.82) is 0 Å². The molecular formula is C16H29N3. The average molecular weight is 263 g/mol. The van der Waals surface area contributed by atoms with Gasteiger partial charge < -0.3 is 15.1 Å². The number of hydrogen-bond acceptors (Lipinski definition) is 3. The molecule has 0 aliphatic heterocycles. The lowest BCUT2D eigenvalue weighted by atomic mass is 10.1. The fourth-order valence-electron chi connectivity index (χ4n) is 2.14. The zero-order valence-electron chi connectivity index (χ0n) is 13.1. The highest BCUT2D eigenvalue weighted by Crippen LogP contribution is 2.25. The maximum Gasteiger partial charge on any atom is 0.0412 e. The quantitative estimate of drug-likeness (QED) is 0.778. The van der Waals surface area contributed by atoms with Gasteiger partial charge in [-0.1, -0.05) is 25.1 Å². The van der Waals surface area contributed by atoms with E-state index in [4.69, 9.17) is 0 Å². The van der Waals surface area contributed by atoms with E-state index in [1.807, 2.05) is 0 Å². The Morgan fingerprint density at radius 3 is 2.42 bits per heavy atom. The van der Waals surface area contributed by atoms with E-state index in [0.29, 0.717) is 6.04 Å². The zero-order chi connectivity index (χ0) is 14.3. The van der Waals surface area contributed by atoms with Gasteiger partial charge in [-0.3, -0.25) is 0 Å². The SMILES string of the molecule is CCCNC(C)c1ccccc1N(C)CCN(C)C. The highest BCUT2D eigenvalue weighted by atomic mass is 15.2. The molecule has 1 aromatic rings. The Labute approximate surface area is 118 Å². The van der Waals surface area contributed by atoms with Gasteiger partial charge in [0.25, 0.3) is 0 Å². The lowest BCUT2D eigenvalue weighted by Gasteiger charge is -2.26. The minimum atomic E-state index is 0.401. The van der Waals surface area contributed by atoms with E-state index in [-0.39, 0.29) is 0 Å². The van der Waals surface area contributed by atoms with Crippen LogP contribution in [0, 0.1) is 0 Å². The van der Waals surface area contributed by atoms with Crippen molar-refractivity contribution in [2.24, 2.45) is 0 Å². The van der Waals surface area contributed by atoms with E-state index >= 15 is 0 Å². The number of rotatable bonds is 8. The van der Waals surface area contributed by atoms with Crippen molar-refractivity contribution in [3.05, 3.63) is 29.8 Å². The van der Waals surface area contributed by atoms with E-state index in [0.717, 1.165) is 19.6 Å². The average Bonchev–Trinajstić information content (AvgIpc) is 2.42. The minimum absolute atomic E-state index is 0.401. The van der Waals surface area contributed by atoms with Crippen LogP contribution in [-0.4, -0.2) is 45.7 Å². The van der Waals surface area contributed by atoms with Gasteiger partial charge in [0.05, 0.1) is 0 Å². The molecule has 0 heterocycles. The molecule has 0 aliphatic carbocycles. The molecule has 3 heteroatoms. The number of para-hydroxylation sites is 1. The van der Waals surface area contributed by atoms with Gasteiger partial charge in [-0.2, -0.15) is 0 Å². The second-order valence-electron chi connectivity index (χ2n) is 5.46. The van der Waals surface area contributed by atoms with Crippen LogP contribution in [0.4, 0.5) is 5.69 Å². The number of hydrogen-bond donors (Lipinski definition) is 1. The molecular weight excluding hydrogens is 234 g/mol. The first kappa shape index (κ1) is 16.0. The van der Waals surface area contributed by atoms with Gasteiger partial charge in [0.2, 0.25) is 0 Å². The molecule has 1 N–H and O–H groups in total. The largest absolute Gasteiger partial charge is 0.373 e. The summed E-state index contributed by atoms with van der Waals surface area (Å²) in [5, 5.41) is 3.57. The van der Waals surface area contributed by atoms with Crippen molar-refractivity contribution in [3.63, 3.8) is 0 Å². The summed E-state index contributed by atoms with van der Waals surface area (Å²) in [6, 6.07) is 9.10. The summed E-state index contributed by atoms with van der Waals surface area (Å²) in [5.41, 5.74) is 2.72. The molecule has 1 atom stereocenters. The normalized spacial score (nSPS) is 12.7. The summed E-state index contributed by atoms with van der Waals surface area (Å²) in [5.74, 6) is 0. The second-order valence-corrected chi connectivity index (χ2v) is 5.46. The highest BCUT2D eigenvalue weighted by molar-refractivity contribution is 5.54. The number of nitrogens with zero attached hydrogens (tertiary/aromatic N) is 2. The molecule has 0 amide bonds. The van der Waals surface area contributed by atoms with Gasteiger partial charge in [-0.15, -0.1) is 0 Å². The summed E-state index contributed by atoms with van der Waals surface area (Å²) >= 11 is 0. The molecule has 0 saturated carbocycles. The zero-order valence-corrected chi connectivity index (χ0v) is 13.1. The molecule has 1 unspecified atom stereocenters. The van der Waals surface area contributed by atoms with E-state index in [9.17, 15) is 0 Å². The third-order valence-electron chi connectivity index (χ3n) is 3.40. The Hall–Kier alpha value is -1.06. The topological polar surface area (TPSA) is 18.5 Å². The van der Waals surface area contributed by atoms with Gasteiger partial charge in [0.1, 0.15) is 0 Å². The molecule has 0 aromatic heterocycles. The molecule has 0 radical (unpaired) electrons. The molecule has 19 heavy (non-hydrogen) atoms. The molecule has 0 saturated heterocycles. The van der Waals surface area contributed by atoms with Crippen molar-refractivity contribution in [3.8, 4) is 0 Å². The monoisotopic (exact) mass is 263 g/mol. The van der Waals surface area contributed by atoms with Crippen LogP contribution in [-0.2, 0) is 0 Å². The Bertz CT molecular complexity index is 363. The van der Waals surface area contributed by atoms with Crippen molar-refractivity contribution in [2.45, 2.75) is 26.3 Å². The van der Waals surface area contributed by atoms with Gasteiger partial charge in [0.15, 0.2) is 0 Å². The molecule has 108 valence electrons. The minimum Gasteiger partial charge on any atom is -0.373 e. The van der Waals surface area contributed by atoms with Crippen LogP contribution >= 0.6 is 0 Å². The van der Waals surface area contributed by atoms with Gasteiger partial charge in [-0.25, -0.2) is 0 Å². The maximum absolute atomic E-state index is 3.57. The van der Waals surface area contributed by atoms with E-state index in [2.05, 4.69) is 74.4 Å². The molecule has 0 spiro atoms. The predicted octanol–water partition coefficient (Wildman–Crippen LogP) is 2.75. The van der Waals surface area contributed by atoms with E-state index in [1.165, 1.54) is 17.7 Å². The molecule has 1 aromatic carbocycles. The van der Waals surface area contributed by atoms with Gasteiger partial charge >= 0.3 is 0 Å². The van der Waals surface area contributed by atoms with Crippen LogP contribution < -0.4 is 10.2 Å². The summed E-state index contributed by atoms with van der Waals surface area (Å²) in [6.45, 7) is 7.63. The summed E-state index contributed by atoms with van der Waals surface area (Å²) in [4.78, 5) is 4.57. The summed E-state index contributed by atoms with van der Waals surface area (Å²) in [6.07, 6.45) is 1.17. The Morgan fingerprint density at radius 1 is 1.11 bits per heavy atom. The van der Waals surface area contributed by atoms with Crippen molar-refractivity contribution in [1.82, 2.24) is 10.2 Å². The first-order valence-corrected chi connectivity index (χ1v) is 7.24. The van der Waals surface area contributed by atoms with E-state index in [1.54, 1.807) is 0 Å². The number of likely N-dealkylation sites (N-methyl/N-ethyl adjacent to an activating group) is 2. The Balaban J connectivity index is 2.76. The standard InChI is InChI=1S/C16H29N3/c1-6-11-17-14(2)15-9-7-8-10-16(15)19(5)13-12-18(3)4/h7-10,14,17H,6,11-13H2,1-5H3. The van der Waals surface area contributed by atoms with Crippen LogP contribution in [0.3, 0.4) is 0 Å². The van der Waals surface area contributed by atoms with Gasteiger partial charge in [-0.05, 0) is 45.6 Å². The van der Waals surface area contributed by atoms with Crippen LogP contribution in [0.1, 0.15) is 31.9 Å². The van der Waals surface area contributed by atoms with Crippen LogP contribution in [0.15, 0.2) is 24.3 Å². The Kier molecular flexibility index (Phi) is 6.89.